The molecule has 0 heterocycles. The van der Waals surface area contributed by atoms with Crippen molar-refractivity contribution in [3.05, 3.63) is 91.0 Å². The van der Waals surface area contributed by atoms with Crippen LogP contribution < -0.4 is 13.3 Å². The predicted molar refractivity (Wildman–Crippen MR) is 141 cm³/mol. The predicted octanol–water partition coefficient (Wildman–Crippen LogP) is 6.66. The molecule has 0 atom stereocenters. The van der Waals surface area contributed by atoms with Crippen LogP contribution in [0.2, 0.25) is 39.3 Å². The minimum absolute atomic E-state index is 0.556. The molecule has 9 heteroatoms. The zero-order valence-electron chi connectivity index (χ0n) is 20.7. The molecule has 0 aliphatic rings. The van der Waals surface area contributed by atoms with Crippen LogP contribution in [0.3, 0.4) is 0 Å². The molecular formula is C25H34O6Si3. The Hall–Kier alpha value is -2.41. The van der Waals surface area contributed by atoms with E-state index in [0.29, 0.717) is 17.2 Å². The minimum Gasteiger partial charge on any atom is -0.462 e. The molecule has 0 radical (unpaired) electrons. The Balaban J connectivity index is 2.06. The minimum atomic E-state index is -3.99. The van der Waals surface area contributed by atoms with E-state index in [2.05, 4.69) is 39.3 Å². The summed E-state index contributed by atoms with van der Waals surface area (Å²) in [4.78, 5) is 0. The summed E-state index contributed by atoms with van der Waals surface area (Å²) < 4.78 is 38.3. The maximum Gasteiger partial charge on any atom is 0.896 e. The largest absolute Gasteiger partial charge is 0.896 e. The average Bonchev–Trinajstić information content (AvgIpc) is 2.73. The normalized spacial score (nSPS) is 12.4. The van der Waals surface area contributed by atoms with E-state index < -0.39 is 32.2 Å². The first-order valence-electron chi connectivity index (χ1n) is 11.3. The fourth-order valence-electron chi connectivity index (χ4n) is 2.80. The van der Waals surface area contributed by atoms with Gasteiger partial charge in [0, 0.05) is 0 Å². The monoisotopic (exact) mass is 514 g/mol. The number of hydrogen-bond donors (Lipinski definition) is 0. The maximum absolute atomic E-state index is 6.50. The average molecular weight is 515 g/mol. The highest BCUT2D eigenvalue weighted by atomic mass is 28.4. The summed E-state index contributed by atoms with van der Waals surface area (Å²) in [5, 5.41) is 0. The quantitative estimate of drug-likeness (QED) is 0.199. The second-order valence-corrected chi connectivity index (χ2v) is 20.4. The first-order chi connectivity index (χ1) is 16.0. The summed E-state index contributed by atoms with van der Waals surface area (Å²) in [6, 6.07) is 28.1. The van der Waals surface area contributed by atoms with Gasteiger partial charge in [-0.1, -0.05) is 54.6 Å². The van der Waals surface area contributed by atoms with Crippen LogP contribution in [-0.4, -0.2) is 32.2 Å². The van der Waals surface area contributed by atoms with Gasteiger partial charge in [-0.15, -0.1) is 0 Å². The van der Waals surface area contributed by atoms with Crippen LogP contribution in [0.1, 0.15) is 0 Å². The summed E-state index contributed by atoms with van der Waals surface area (Å²) in [6.07, 6.45) is 0. The zero-order chi connectivity index (χ0) is 24.7. The van der Waals surface area contributed by atoms with E-state index in [9.17, 15) is 0 Å². The van der Waals surface area contributed by atoms with Gasteiger partial charge < -0.3 is 22.1 Å². The molecule has 34 heavy (non-hydrogen) atoms. The summed E-state index contributed by atoms with van der Waals surface area (Å²) in [6.45, 7) is 11.5. The van der Waals surface area contributed by atoms with Crippen molar-refractivity contribution in [1.82, 2.24) is 0 Å². The van der Waals surface area contributed by atoms with Gasteiger partial charge >= 0.3 is 9.05 Å². The van der Waals surface area contributed by atoms with Gasteiger partial charge in [0.1, 0.15) is 17.2 Å². The van der Waals surface area contributed by atoms with E-state index >= 15 is 0 Å². The molecule has 0 aliphatic carbocycles. The van der Waals surface area contributed by atoms with Crippen molar-refractivity contribution in [3.63, 3.8) is 0 Å². The number of benzene rings is 3. The van der Waals surface area contributed by atoms with Crippen molar-refractivity contribution >= 4 is 25.7 Å². The molecular weight excluding hydrogens is 481 g/mol. The highest BCUT2D eigenvalue weighted by molar-refractivity contribution is 6.71. The van der Waals surface area contributed by atoms with Crippen LogP contribution in [0.4, 0.5) is 0 Å². The first kappa shape index (κ1) is 26.2. The molecule has 182 valence electrons. The molecule has 0 N–H and O–H groups in total. The lowest BCUT2D eigenvalue weighted by Crippen LogP contribution is -2.61. The molecule has 3 rings (SSSR count). The lowest BCUT2D eigenvalue weighted by atomic mass is 10.3. The second kappa shape index (κ2) is 11.3. The Bertz CT molecular complexity index is 874. The summed E-state index contributed by atoms with van der Waals surface area (Å²) in [7, 11) is -8.12. The van der Waals surface area contributed by atoms with Crippen LogP contribution in [0, 0.1) is 0 Å². The Morgan fingerprint density at radius 3 is 1.00 bits per heavy atom. The SMILES string of the molecule is C[Si](C)(C)OC(O[Si](C)(C)C)O[Si](Oc1ccccc1)(Oc1ccccc1)Oc1ccccc1. The van der Waals surface area contributed by atoms with Crippen LogP contribution in [-0.2, 0) is 13.3 Å². The third-order valence-electron chi connectivity index (χ3n) is 4.10. The summed E-state index contributed by atoms with van der Waals surface area (Å²) >= 11 is 0. The zero-order valence-corrected chi connectivity index (χ0v) is 23.7. The topological polar surface area (TPSA) is 55.4 Å². The Morgan fingerprint density at radius 1 is 0.441 bits per heavy atom. The molecule has 0 saturated carbocycles. The third-order valence-corrected chi connectivity index (χ3v) is 7.84. The third kappa shape index (κ3) is 9.09. The first-order valence-corrected chi connectivity index (χ1v) is 19.7. The Morgan fingerprint density at radius 2 is 0.735 bits per heavy atom. The fraction of sp³-hybridized carbons (Fsp3) is 0.280. The van der Waals surface area contributed by atoms with E-state index in [4.69, 9.17) is 26.6 Å². The lowest BCUT2D eigenvalue weighted by molar-refractivity contribution is -0.184. The smallest absolute Gasteiger partial charge is 0.462 e. The molecule has 0 bridgehead atoms. The molecule has 0 saturated heterocycles. The number of para-hydroxylation sites is 3. The van der Waals surface area contributed by atoms with Crippen molar-refractivity contribution in [2.45, 2.75) is 45.8 Å². The van der Waals surface area contributed by atoms with E-state index in [0.717, 1.165) is 0 Å². The summed E-state index contributed by atoms with van der Waals surface area (Å²) in [5.74, 6) is 1.67. The molecule has 3 aromatic rings. The molecule has 3 aromatic carbocycles. The van der Waals surface area contributed by atoms with Crippen LogP contribution in [0.5, 0.6) is 17.2 Å². The van der Waals surface area contributed by atoms with Crippen molar-refractivity contribution in [2.24, 2.45) is 0 Å². The maximum atomic E-state index is 6.50. The highest BCUT2D eigenvalue weighted by Crippen LogP contribution is 2.28. The van der Waals surface area contributed by atoms with Gasteiger partial charge in [-0.3, -0.25) is 4.43 Å². The van der Waals surface area contributed by atoms with Crippen molar-refractivity contribution in [1.29, 1.82) is 0 Å². The molecule has 0 fully saturated rings. The van der Waals surface area contributed by atoms with Gasteiger partial charge in [0.15, 0.2) is 16.6 Å². The van der Waals surface area contributed by atoms with E-state index in [1.807, 2.05) is 91.0 Å². The number of rotatable bonds is 12. The highest BCUT2D eigenvalue weighted by Gasteiger charge is 2.58. The van der Waals surface area contributed by atoms with Gasteiger partial charge in [-0.25, -0.2) is 0 Å². The molecule has 0 spiro atoms. The van der Waals surface area contributed by atoms with E-state index in [1.54, 1.807) is 0 Å². The van der Waals surface area contributed by atoms with Gasteiger partial charge in [-0.2, -0.15) is 0 Å². The summed E-state index contributed by atoms with van der Waals surface area (Å²) in [5.41, 5.74) is 0. The second-order valence-electron chi connectivity index (χ2n) is 9.61. The van der Waals surface area contributed by atoms with E-state index in [-0.39, 0.29) is 0 Å². The number of hydrogen-bond acceptors (Lipinski definition) is 6. The van der Waals surface area contributed by atoms with Crippen LogP contribution in [0.25, 0.3) is 0 Å². The molecule has 0 unspecified atom stereocenters. The van der Waals surface area contributed by atoms with Gasteiger partial charge in [-0.05, 0) is 75.7 Å². The van der Waals surface area contributed by atoms with Gasteiger partial charge in [0.2, 0.25) is 0 Å². The van der Waals surface area contributed by atoms with Gasteiger partial charge in [0.05, 0.1) is 0 Å². The van der Waals surface area contributed by atoms with Crippen molar-refractivity contribution in [3.8, 4) is 17.2 Å². The Labute approximate surface area is 206 Å². The molecule has 6 nitrogen and oxygen atoms in total. The standard InChI is InChI=1S/C25H34O6Si3/c1-32(2,3)29-25(30-33(4,5)6)31-34(26-22-16-10-7-11-17-22,27-23-18-12-8-13-19-23)28-24-20-14-9-15-21-24/h7-21,25H,1-6H3. The van der Waals surface area contributed by atoms with Crippen LogP contribution in [0.15, 0.2) is 91.0 Å². The Kier molecular flexibility index (Phi) is 8.74. The lowest BCUT2D eigenvalue weighted by Gasteiger charge is -2.35. The van der Waals surface area contributed by atoms with E-state index in [1.165, 1.54) is 0 Å². The van der Waals surface area contributed by atoms with Crippen LogP contribution >= 0.6 is 0 Å². The van der Waals surface area contributed by atoms with Crippen molar-refractivity contribution < 1.29 is 26.6 Å². The molecule has 0 amide bonds. The van der Waals surface area contributed by atoms with Gasteiger partial charge in [0.25, 0.3) is 6.48 Å². The molecule has 0 aromatic heterocycles. The van der Waals surface area contributed by atoms with Crippen molar-refractivity contribution in [2.75, 3.05) is 0 Å². The fourth-order valence-corrected chi connectivity index (χ4v) is 6.31. The molecule has 0 aliphatic heterocycles.